The lowest BCUT2D eigenvalue weighted by Gasteiger charge is -2.11. The maximum Gasteiger partial charge on any atom is 0.124 e. The zero-order valence-electron chi connectivity index (χ0n) is 11.3. The van der Waals surface area contributed by atoms with Crippen LogP contribution in [0, 0.1) is 5.82 Å². The third-order valence-electron chi connectivity index (χ3n) is 3.16. The smallest absolute Gasteiger partial charge is 0.124 e. The Kier molecular flexibility index (Phi) is 4.69. The summed E-state index contributed by atoms with van der Waals surface area (Å²) < 4.78 is 13.2. The van der Waals surface area contributed by atoms with Crippen LogP contribution in [0.5, 0.6) is 0 Å². The summed E-state index contributed by atoms with van der Waals surface area (Å²) >= 11 is 4.94. The lowest BCUT2D eigenvalue weighted by molar-refractivity contribution is 0.627. The van der Waals surface area contributed by atoms with Crippen LogP contribution in [0.3, 0.4) is 0 Å². The Labute approximate surface area is 123 Å². The SMILES string of the molecule is CCc1ccc(CNc2ccc(F)cc2C(N)=S)cc1. The first-order valence-corrected chi connectivity index (χ1v) is 6.92. The third kappa shape index (κ3) is 3.54. The topological polar surface area (TPSA) is 38.0 Å². The van der Waals surface area contributed by atoms with Gasteiger partial charge in [0.1, 0.15) is 10.8 Å². The maximum absolute atomic E-state index is 13.2. The van der Waals surface area contributed by atoms with E-state index in [2.05, 4.69) is 36.5 Å². The molecule has 0 aliphatic carbocycles. The van der Waals surface area contributed by atoms with E-state index in [1.165, 1.54) is 17.7 Å². The van der Waals surface area contributed by atoms with Crippen LogP contribution in [-0.2, 0) is 13.0 Å². The number of anilines is 1. The van der Waals surface area contributed by atoms with Crippen molar-refractivity contribution in [3.8, 4) is 0 Å². The molecule has 0 heterocycles. The quantitative estimate of drug-likeness (QED) is 0.825. The summed E-state index contributed by atoms with van der Waals surface area (Å²) in [5.41, 5.74) is 9.35. The zero-order chi connectivity index (χ0) is 14.5. The van der Waals surface area contributed by atoms with E-state index in [9.17, 15) is 4.39 Å². The van der Waals surface area contributed by atoms with Gasteiger partial charge in [0.05, 0.1) is 0 Å². The first-order chi connectivity index (χ1) is 9.60. The van der Waals surface area contributed by atoms with Crippen molar-refractivity contribution in [1.82, 2.24) is 0 Å². The average molecular weight is 288 g/mol. The Bertz CT molecular complexity index is 608. The van der Waals surface area contributed by atoms with E-state index in [1.54, 1.807) is 6.07 Å². The molecule has 0 bridgehead atoms. The van der Waals surface area contributed by atoms with Gasteiger partial charge in [-0.15, -0.1) is 0 Å². The van der Waals surface area contributed by atoms with Crippen LogP contribution in [0.25, 0.3) is 0 Å². The second-order valence-corrected chi connectivity index (χ2v) is 5.02. The molecular weight excluding hydrogens is 271 g/mol. The van der Waals surface area contributed by atoms with Crippen LogP contribution >= 0.6 is 12.2 Å². The molecule has 0 aromatic heterocycles. The molecule has 2 aromatic carbocycles. The molecule has 0 saturated carbocycles. The predicted molar refractivity (Wildman–Crippen MR) is 85.4 cm³/mol. The van der Waals surface area contributed by atoms with Crippen molar-refractivity contribution in [2.24, 2.45) is 5.73 Å². The highest BCUT2D eigenvalue weighted by Crippen LogP contribution is 2.18. The predicted octanol–water partition coefficient (Wildman–Crippen LogP) is 3.63. The summed E-state index contributed by atoms with van der Waals surface area (Å²) in [5.74, 6) is -0.342. The molecule has 3 N–H and O–H groups in total. The molecule has 0 atom stereocenters. The van der Waals surface area contributed by atoms with Crippen LogP contribution in [0.15, 0.2) is 42.5 Å². The van der Waals surface area contributed by atoms with Crippen LogP contribution in [0.1, 0.15) is 23.6 Å². The van der Waals surface area contributed by atoms with E-state index in [0.29, 0.717) is 12.1 Å². The average Bonchev–Trinajstić information content (AvgIpc) is 2.46. The van der Waals surface area contributed by atoms with Crippen molar-refractivity contribution >= 4 is 22.9 Å². The minimum Gasteiger partial charge on any atom is -0.389 e. The normalized spacial score (nSPS) is 10.3. The number of thiocarbonyl (C=S) groups is 1. The molecule has 2 nitrogen and oxygen atoms in total. The van der Waals surface area contributed by atoms with Gasteiger partial charge in [-0.1, -0.05) is 43.4 Å². The Hall–Kier alpha value is -1.94. The molecule has 0 aliphatic heterocycles. The van der Waals surface area contributed by atoms with Crippen molar-refractivity contribution in [3.05, 3.63) is 65.0 Å². The highest BCUT2D eigenvalue weighted by atomic mass is 32.1. The minimum atomic E-state index is -0.342. The van der Waals surface area contributed by atoms with E-state index < -0.39 is 0 Å². The van der Waals surface area contributed by atoms with E-state index >= 15 is 0 Å². The molecule has 104 valence electrons. The standard InChI is InChI=1S/C16H17FN2S/c1-2-11-3-5-12(6-4-11)10-19-15-8-7-13(17)9-14(15)16(18)20/h3-9,19H,2,10H2,1H3,(H2,18,20). The van der Waals surface area contributed by atoms with Gasteiger partial charge in [0.2, 0.25) is 0 Å². The fourth-order valence-corrected chi connectivity index (χ4v) is 2.13. The molecule has 0 unspecified atom stereocenters. The summed E-state index contributed by atoms with van der Waals surface area (Å²) in [5, 5.41) is 3.24. The maximum atomic E-state index is 13.2. The number of aryl methyl sites for hydroxylation is 1. The van der Waals surface area contributed by atoms with Crippen LogP contribution in [0.2, 0.25) is 0 Å². The number of hydrogen-bond donors (Lipinski definition) is 2. The molecule has 20 heavy (non-hydrogen) atoms. The van der Waals surface area contributed by atoms with Crippen LogP contribution in [-0.4, -0.2) is 4.99 Å². The van der Waals surface area contributed by atoms with Crippen molar-refractivity contribution < 1.29 is 4.39 Å². The van der Waals surface area contributed by atoms with Crippen molar-refractivity contribution in [2.75, 3.05) is 5.32 Å². The van der Waals surface area contributed by atoms with E-state index in [0.717, 1.165) is 17.7 Å². The summed E-state index contributed by atoms with van der Waals surface area (Å²) in [6.07, 6.45) is 1.03. The van der Waals surface area contributed by atoms with Gasteiger partial charge < -0.3 is 11.1 Å². The molecule has 0 radical (unpaired) electrons. The lowest BCUT2D eigenvalue weighted by Crippen LogP contribution is -2.13. The van der Waals surface area contributed by atoms with Crippen LogP contribution < -0.4 is 11.1 Å². The van der Waals surface area contributed by atoms with E-state index in [4.69, 9.17) is 18.0 Å². The van der Waals surface area contributed by atoms with Crippen molar-refractivity contribution in [2.45, 2.75) is 19.9 Å². The molecule has 0 fully saturated rings. The van der Waals surface area contributed by atoms with Crippen molar-refractivity contribution in [1.29, 1.82) is 0 Å². The van der Waals surface area contributed by atoms with E-state index in [-0.39, 0.29) is 10.8 Å². The largest absolute Gasteiger partial charge is 0.389 e. The van der Waals surface area contributed by atoms with Crippen molar-refractivity contribution in [3.63, 3.8) is 0 Å². The Morgan fingerprint density at radius 2 is 1.80 bits per heavy atom. The molecular formula is C16H17FN2S. The molecule has 0 amide bonds. The van der Waals surface area contributed by atoms with Gasteiger partial charge in [0, 0.05) is 17.8 Å². The monoisotopic (exact) mass is 288 g/mol. The van der Waals surface area contributed by atoms with Gasteiger partial charge in [-0.2, -0.15) is 0 Å². The van der Waals surface area contributed by atoms with Gasteiger partial charge in [0.25, 0.3) is 0 Å². The first-order valence-electron chi connectivity index (χ1n) is 6.51. The number of benzene rings is 2. The van der Waals surface area contributed by atoms with Gasteiger partial charge in [-0.3, -0.25) is 0 Å². The molecule has 0 aliphatic rings. The number of nitrogens with two attached hydrogens (primary N) is 1. The summed E-state index contributed by atoms with van der Waals surface area (Å²) in [7, 11) is 0. The molecule has 0 saturated heterocycles. The zero-order valence-corrected chi connectivity index (χ0v) is 12.1. The molecule has 4 heteroatoms. The van der Waals surface area contributed by atoms with Crippen LogP contribution in [0.4, 0.5) is 10.1 Å². The minimum absolute atomic E-state index is 0.188. The summed E-state index contributed by atoms with van der Waals surface area (Å²) in [4.78, 5) is 0.188. The Balaban J connectivity index is 2.12. The van der Waals surface area contributed by atoms with Gasteiger partial charge in [-0.05, 0) is 35.7 Å². The van der Waals surface area contributed by atoms with Gasteiger partial charge >= 0.3 is 0 Å². The highest BCUT2D eigenvalue weighted by molar-refractivity contribution is 7.80. The lowest BCUT2D eigenvalue weighted by atomic mass is 10.1. The van der Waals surface area contributed by atoms with Gasteiger partial charge in [0.15, 0.2) is 0 Å². The summed E-state index contributed by atoms with van der Waals surface area (Å²) in [6.45, 7) is 2.77. The third-order valence-corrected chi connectivity index (χ3v) is 3.38. The fraction of sp³-hybridized carbons (Fsp3) is 0.188. The van der Waals surface area contributed by atoms with E-state index in [1.807, 2.05) is 0 Å². The van der Waals surface area contributed by atoms with Gasteiger partial charge in [-0.25, -0.2) is 4.39 Å². The number of halogens is 1. The Morgan fingerprint density at radius 3 is 2.40 bits per heavy atom. The fourth-order valence-electron chi connectivity index (χ4n) is 1.96. The number of rotatable bonds is 5. The highest BCUT2D eigenvalue weighted by Gasteiger charge is 2.06. The summed E-state index contributed by atoms with van der Waals surface area (Å²) in [6, 6.07) is 12.8. The second kappa shape index (κ2) is 6.48. The first kappa shape index (κ1) is 14.5. The Morgan fingerprint density at radius 1 is 1.15 bits per heavy atom. The molecule has 0 spiro atoms. The number of nitrogens with one attached hydrogen (secondary N) is 1. The molecule has 2 rings (SSSR count). The number of hydrogen-bond acceptors (Lipinski definition) is 2. The molecule has 2 aromatic rings. The second-order valence-electron chi connectivity index (χ2n) is 4.58.